The molecule has 0 spiro atoms. The summed E-state index contributed by atoms with van der Waals surface area (Å²) < 4.78 is 41.1. The summed E-state index contributed by atoms with van der Waals surface area (Å²) in [6, 6.07) is 9.47. The SMILES string of the molecule is C=C(C)C(=O)OCCOc1cc(-c2ccc(OC(=O)C(=C)C)cc2)cc(F)c1OCCOC. The Hall–Kier alpha value is -3.65. The minimum Gasteiger partial charge on any atom is -0.486 e. The fraction of sp³-hybridized carbons (Fsp3) is 0.280. The molecule has 0 saturated carbocycles. The summed E-state index contributed by atoms with van der Waals surface area (Å²) in [6.07, 6.45) is 0. The van der Waals surface area contributed by atoms with Gasteiger partial charge in [0, 0.05) is 18.3 Å². The van der Waals surface area contributed by atoms with Crippen molar-refractivity contribution in [3.8, 4) is 28.4 Å². The number of carbonyl (C=O) groups is 2. The second-order valence-electron chi connectivity index (χ2n) is 7.09. The molecular formula is C25H27FO7. The maximum Gasteiger partial charge on any atom is 0.338 e. The summed E-state index contributed by atoms with van der Waals surface area (Å²) in [5, 5.41) is 0. The molecule has 7 nitrogen and oxygen atoms in total. The van der Waals surface area contributed by atoms with E-state index in [2.05, 4.69) is 13.2 Å². The van der Waals surface area contributed by atoms with Crippen molar-refractivity contribution in [2.45, 2.75) is 13.8 Å². The van der Waals surface area contributed by atoms with Gasteiger partial charge in [-0.05, 0) is 49.2 Å². The summed E-state index contributed by atoms with van der Waals surface area (Å²) in [5.41, 5.74) is 1.72. The molecule has 0 aliphatic heterocycles. The van der Waals surface area contributed by atoms with Crippen molar-refractivity contribution in [2.75, 3.05) is 33.5 Å². The molecule has 0 N–H and O–H groups in total. The Bertz CT molecular complexity index is 1010. The number of benzene rings is 2. The van der Waals surface area contributed by atoms with Gasteiger partial charge in [-0.25, -0.2) is 14.0 Å². The number of hydrogen-bond donors (Lipinski definition) is 0. The van der Waals surface area contributed by atoms with Gasteiger partial charge in [0.15, 0.2) is 17.3 Å². The highest BCUT2D eigenvalue weighted by atomic mass is 19.1. The van der Waals surface area contributed by atoms with Gasteiger partial charge in [0.05, 0.1) is 6.61 Å². The molecule has 0 saturated heterocycles. The van der Waals surface area contributed by atoms with E-state index in [1.807, 2.05) is 0 Å². The van der Waals surface area contributed by atoms with E-state index >= 15 is 0 Å². The Morgan fingerprint density at radius 3 is 2.09 bits per heavy atom. The lowest BCUT2D eigenvalue weighted by atomic mass is 10.0. The van der Waals surface area contributed by atoms with Gasteiger partial charge in [-0.15, -0.1) is 0 Å². The number of hydrogen-bond acceptors (Lipinski definition) is 7. The second kappa shape index (κ2) is 12.4. The maximum atomic E-state index is 14.9. The molecule has 33 heavy (non-hydrogen) atoms. The third-order valence-electron chi connectivity index (χ3n) is 4.21. The van der Waals surface area contributed by atoms with E-state index < -0.39 is 17.8 Å². The molecule has 0 aromatic heterocycles. The predicted molar refractivity (Wildman–Crippen MR) is 121 cm³/mol. The van der Waals surface area contributed by atoms with Gasteiger partial charge in [-0.2, -0.15) is 0 Å². The van der Waals surface area contributed by atoms with Gasteiger partial charge < -0.3 is 23.7 Å². The Balaban J connectivity index is 2.22. The fourth-order valence-corrected chi connectivity index (χ4v) is 2.53. The summed E-state index contributed by atoms with van der Waals surface area (Å²) in [5.74, 6) is -1.30. The first kappa shape index (κ1) is 25.6. The minimum atomic E-state index is -0.629. The summed E-state index contributed by atoms with van der Waals surface area (Å²) in [7, 11) is 1.51. The quantitative estimate of drug-likeness (QED) is 0.201. The number of ether oxygens (including phenoxy) is 5. The molecule has 0 radical (unpaired) electrons. The lowest BCUT2D eigenvalue weighted by molar-refractivity contribution is -0.139. The predicted octanol–water partition coefficient (Wildman–Crippen LogP) is 4.50. The van der Waals surface area contributed by atoms with Crippen LogP contribution in [0.2, 0.25) is 0 Å². The van der Waals surface area contributed by atoms with Crippen molar-refractivity contribution >= 4 is 11.9 Å². The van der Waals surface area contributed by atoms with Crippen LogP contribution in [0.5, 0.6) is 17.2 Å². The number of rotatable bonds is 12. The molecule has 8 heteroatoms. The van der Waals surface area contributed by atoms with Crippen LogP contribution in [-0.4, -0.2) is 45.5 Å². The highest BCUT2D eigenvalue weighted by molar-refractivity contribution is 5.89. The van der Waals surface area contributed by atoms with Gasteiger partial charge in [0.1, 0.15) is 25.6 Å². The molecule has 176 valence electrons. The lowest BCUT2D eigenvalue weighted by Gasteiger charge is -2.15. The minimum absolute atomic E-state index is 0.0155. The molecule has 0 fully saturated rings. The zero-order valence-electron chi connectivity index (χ0n) is 18.9. The Morgan fingerprint density at radius 1 is 0.848 bits per heavy atom. The highest BCUT2D eigenvalue weighted by Gasteiger charge is 2.16. The first-order valence-electron chi connectivity index (χ1n) is 10.1. The average Bonchev–Trinajstić information content (AvgIpc) is 2.78. The molecule has 2 aromatic carbocycles. The van der Waals surface area contributed by atoms with Gasteiger partial charge in [-0.3, -0.25) is 0 Å². The van der Waals surface area contributed by atoms with Crippen LogP contribution in [0.15, 0.2) is 60.7 Å². The van der Waals surface area contributed by atoms with E-state index in [9.17, 15) is 14.0 Å². The zero-order valence-corrected chi connectivity index (χ0v) is 18.9. The van der Waals surface area contributed by atoms with Gasteiger partial charge in [0.2, 0.25) is 0 Å². The average molecular weight is 458 g/mol. The van der Waals surface area contributed by atoms with Crippen LogP contribution in [-0.2, 0) is 19.1 Å². The van der Waals surface area contributed by atoms with Crippen molar-refractivity contribution in [1.82, 2.24) is 0 Å². The van der Waals surface area contributed by atoms with E-state index in [-0.39, 0.29) is 49.1 Å². The topological polar surface area (TPSA) is 80.3 Å². The van der Waals surface area contributed by atoms with Crippen LogP contribution in [0.1, 0.15) is 13.8 Å². The smallest absolute Gasteiger partial charge is 0.338 e. The van der Waals surface area contributed by atoms with Crippen LogP contribution in [0.25, 0.3) is 11.1 Å². The Kier molecular flexibility index (Phi) is 9.62. The van der Waals surface area contributed by atoms with Gasteiger partial charge in [0.25, 0.3) is 0 Å². The molecule has 0 unspecified atom stereocenters. The second-order valence-corrected chi connectivity index (χ2v) is 7.09. The van der Waals surface area contributed by atoms with Crippen molar-refractivity contribution in [2.24, 2.45) is 0 Å². The van der Waals surface area contributed by atoms with Crippen LogP contribution in [0.3, 0.4) is 0 Å². The van der Waals surface area contributed by atoms with Gasteiger partial charge in [-0.1, -0.05) is 25.3 Å². The normalized spacial score (nSPS) is 10.3. The molecule has 0 atom stereocenters. The van der Waals surface area contributed by atoms with Crippen molar-refractivity contribution < 1.29 is 37.7 Å². The van der Waals surface area contributed by atoms with Crippen LogP contribution in [0.4, 0.5) is 4.39 Å². The van der Waals surface area contributed by atoms with Crippen LogP contribution >= 0.6 is 0 Å². The summed E-state index contributed by atoms with van der Waals surface area (Å²) in [4.78, 5) is 23.2. The number of halogens is 1. The highest BCUT2D eigenvalue weighted by Crippen LogP contribution is 2.36. The zero-order chi connectivity index (χ0) is 24.4. The van der Waals surface area contributed by atoms with Crippen molar-refractivity contribution in [3.63, 3.8) is 0 Å². The molecule has 0 aliphatic carbocycles. The molecule has 0 bridgehead atoms. The van der Waals surface area contributed by atoms with E-state index in [1.165, 1.54) is 20.1 Å². The standard InChI is InChI=1S/C25H27FO7/c1-16(2)24(27)32-13-12-30-22-15-19(14-21(26)23(22)31-11-10-29-5)18-6-8-20(9-7-18)33-25(28)17(3)4/h6-9,14-15H,1,3,10-13H2,2,4-5H3. The molecule has 0 amide bonds. The maximum absolute atomic E-state index is 14.9. The Labute approximate surface area is 192 Å². The van der Waals surface area contributed by atoms with Gasteiger partial charge >= 0.3 is 11.9 Å². The van der Waals surface area contributed by atoms with E-state index in [0.717, 1.165) is 0 Å². The fourth-order valence-electron chi connectivity index (χ4n) is 2.53. The lowest BCUT2D eigenvalue weighted by Crippen LogP contribution is -2.13. The largest absolute Gasteiger partial charge is 0.486 e. The third kappa shape index (κ3) is 7.76. The van der Waals surface area contributed by atoms with Crippen molar-refractivity contribution in [3.05, 3.63) is 66.5 Å². The number of methoxy groups -OCH3 is 1. The summed E-state index contributed by atoms with van der Waals surface area (Å²) >= 11 is 0. The first-order valence-corrected chi connectivity index (χ1v) is 10.1. The van der Waals surface area contributed by atoms with Crippen LogP contribution < -0.4 is 14.2 Å². The number of esters is 2. The number of carbonyl (C=O) groups excluding carboxylic acids is 2. The van der Waals surface area contributed by atoms with E-state index in [4.69, 9.17) is 23.7 Å². The Morgan fingerprint density at radius 2 is 1.48 bits per heavy atom. The van der Waals surface area contributed by atoms with Crippen LogP contribution in [0, 0.1) is 5.82 Å². The molecular weight excluding hydrogens is 431 g/mol. The van der Waals surface area contributed by atoms with Crippen molar-refractivity contribution in [1.29, 1.82) is 0 Å². The first-order chi connectivity index (χ1) is 15.7. The molecule has 0 aliphatic rings. The van der Waals surface area contributed by atoms with E-state index in [0.29, 0.717) is 16.9 Å². The summed E-state index contributed by atoms with van der Waals surface area (Å²) in [6.45, 7) is 10.5. The van der Waals surface area contributed by atoms with E-state index in [1.54, 1.807) is 37.3 Å². The molecule has 2 rings (SSSR count). The molecule has 2 aromatic rings. The molecule has 0 heterocycles. The monoisotopic (exact) mass is 458 g/mol. The third-order valence-corrected chi connectivity index (χ3v) is 4.21.